The molecule has 3 nitrogen and oxygen atoms in total. The maximum atomic E-state index is 12.7. The molecule has 1 aromatic heterocycles. The number of thiazole rings is 1. The van der Waals surface area contributed by atoms with Crippen LogP contribution in [0.15, 0.2) is 24.3 Å². The van der Waals surface area contributed by atoms with Crippen LogP contribution in [-0.2, 0) is 10.2 Å². The molecule has 116 valence electrons. The molecule has 1 N–H and O–H groups in total. The van der Waals surface area contributed by atoms with Gasteiger partial charge in [-0.05, 0) is 51.3 Å². The van der Waals surface area contributed by atoms with E-state index in [0.29, 0.717) is 5.02 Å². The first-order valence-corrected chi connectivity index (χ1v) is 8.63. The van der Waals surface area contributed by atoms with E-state index >= 15 is 0 Å². The van der Waals surface area contributed by atoms with Crippen molar-refractivity contribution in [2.24, 2.45) is 0 Å². The van der Waals surface area contributed by atoms with Crippen LogP contribution in [0.5, 0.6) is 0 Å². The number of rotatable bonds is 4. The van der Waals surface area contributed by atoms with Crippen molar-refractivity contribution >= 4 is 28.8 Å². The molecule has 0 aliphatic heterocycles. The lowest BCUT2D eigenvalue weighted by molar-refractivity contribution is -0.124. The number of nitrogens with one attached hydrogen (secondary N) is 1. The Kier molecular flexibility index (Phi) is 4.00. The molecule has 1 fully saturated rings. The summed E-state index contributed by atoms with van der Waals surface area (Å²) in [6.07, 6.45) is 1.78. The average molecular weight is 335 g/mol. The molecule has 1 aliphatic rings. The van der Waals surface area contributed by atoms with E-state index in [0.717, 1.165) is 29.1 Å². The summed E-state index contributed by atoms with van der Waals surface area (Å²) < 4.78 is 0. The lowest BCUT2D eigenvalue weighted by atomic mass is 9.94. The minimum Gasteiger partial charge on any atom is -0.347 e. The summed E-state index contributed by atoms with van der Waals surface area (Å²) in [5, 5.41) is 4.87. The third-order valence-corrected chi connectivity index (χ3v) is 5.43. The van der Waals surface area contributed by atoms with Crippen LogP contribution in [-0.4, -0.2) is 10.9 Å². The van der Waals surface area contributed by atoms with Crippen LogP contribution >= 0.6 is 22.9 Å². The molecule has 0 saturated heterocycles. The van der Waals surface area contributed by atoms with Gasteiger partial charge in [0.2, 0.25) is 5.91 Å². The van der Waals surface area contributed by atoms with E-state index in [1.54, 1.807) is 11.3 Å². The quantitative estimate of drug-likeness (QED) is 0.904. The maximum absolute atomic E-state index is 12.7. The van der Waals surface area contributed by atoms with E-state index in [1.165, 1.54) is 4.88 Å². The molecule has 1 saturated carbocycles. The molecule has 1 aromatic carbocycles. The third kappa shape index (κ3) is 2.77. The Bertz CT molecular complexity index is 704. The summed E-state index contributed by atoms with van der Waals surface area (Å²) in [6, 6.07) is 7.54. The zero-order valence-electron chi connectivity index (χ0n) is 12.9. The number of halogens is 1. The Morgan fingerprint density at radius 3 is 2.45 bits per heavy atom. The van der Waals surface area contributed by atoms with Crippen LogP contribution in [0.3, 0.4) is 0 Å². The Balaban J connectivity index is 1.77. The Labute approximate surface area is 139 Å². The number of benzene rings is 1. The van der Waals surface area contributed by atoms with Gasteiger partial charge in [0, 0.05) is 9.90 Å². The number of aryl methyl sites for hydroxylation is 2. The molecule has 22 heavy (non-hydrogen) atoms. The molecule has 3 rings (SSSR count). The topological polar surface area (TPSA) is 42.0 Å². The highest BCUT2D eigenvalue weighted by molar-refractivity contribution is 7.11. The van der Waals surface area contributed by atoms with Gasteiger partial charge in [-0.25, -0.2) is 4.98 Å². The largest absolute Gasteiger partial charge is 0.347 e. The van der Waals surface area contributed by atoms with Crippen LogP contribution in [0.4, 0.5) is 0 Å². The number of nitrogens with zero attached hydrogens (tertiary/aromatic N) is 1. The van der Waals surface area contributed by atoms with Crippen molar-refractivity contribution in [3.05, 3.63) is 50.4 Å². The van der Waals surface area contributed by atoms with E-state index in [4.69, 9.17) is 11.6 Å². The van der Waals surface area contributed by atoms with Crippen LogP contribution < -0.4 is 5.32 Å². The summed E-state index contributed by atoms with van der Waals surface area (Å²) in [4.78, 5) is 18.5. The van der Waals surface area contributed by atoms with Gasteiger partial charge in [0.1, 0.15) is 0 Å². The predicted octanol–water partition coefficient (Wildman–Crippen LogP) is 4.32. The molecule has 5 heteroatoms. The standard InChI is InChI=1S/C17H19ClN2OS/c1-10(15-11(2)22-12(3)20-15)19-16(21)17(8-9-17)13-4-6-14(18)7-5-13/h4-7,10H,8-9H2,1-3H3,(H,19,21)/t10-/m1/s1. The maximum Gasteiger partial charge on any atom is 0.231 e. The molecular weight excluding hydrogens is 316 g/mol. The molecule has 1 atom stereocenters. The van der Waals surface area contributed by atoms with Gasteiger partial charge >= 0.3 is 0 Å². The molecule has 1 heterocycles. The Morgan fingerprint density at radius 2 is 1.95 bits per heavy atom. The zero-order chi connectivity index (χ0) is 15.9. The molecular formula is C17H19ClN2OS. The second kappa shape index (κ2) is 5.67. The van der Waals surface area contributed by atoms with Crippen molar-refractivity contribution < 1.29 is 4.79 Å². The molecule has 0 unspecified atom stereocenters. The lowest BCUT2D eigenvalue weighted by Gasteiger charge is -2.19. The van der Waals surface area contributed by atoms with Gasteiger partial charge in [0.25, 0.3) is 0 Å². The van der Waals surface area contributed by atoms with Crippen molar-refractivity contribution in [3.8, 4) is 0 Å². The monoisotopic (exact) mass is 334 g/mol. The van der Waals surface area contributed by atoms with Crippen LogP contribution in [0.1, 0.15) is 46.9 Å². The fraction of sp³-hybridized carbons (Fsp3) is 0.412. The van der Waals surface area contributed by atoms with Crippen LogP contribution in [0.2, 0.25) is 5.02 Å². The number of carbonyl (C=O) groups excluding carboxylic acids is 1. The van der Waals surface area contributed by atoms with E-state index in [1.807, 2.05) is 38.1 Å². The highest BCUT2D eigenvalue weighted by Crippen LogP contribution is 2.49. The van der Waals surface area contributed by atoms with Gasteiger partial charge in [0.15, 0.2) is 0 Å². The Hall–Kier alpha value is -1.39. The molecule has 1 aliphatic carbocycles. The molecule has 2 aromatic rings. The van der Waals surface area contributed by atoms with Crippen molar-refractivity contribution in [1.82, 2.24) is 10.3 Å². The summed E-state index contributed by atoms with van der Waals surface area (Å²) in [5.74, 6) is 0.0902. The van der Waals surface area contributed by atoms with E-state index in [9.17, 15) is 4.79 Å². The SMILES string of the molecule is Cc1nc([C@@H](C)NC(=O)C2(c3ccc(Cl)cc3)CC2)c(C)s1. The first-order chi connectivity index (χ1) is 10.4. The molecule has 0 radical (unpaired) electrons. The molecule has 0 spiro atoms. The third-order valence-electron chi connectivity index (χ3n) is 4.28. The van der Waals surface area contributed by atoms with Gasteiger partial charge in [0.05, 0.1) is 22.2 Å². The van der Waals surface area contributed by atoms with Crippen LogP contribution in [0, 0.1) is 13.8 Å². The summed E-state index contributed by atoms with van der Waals surface area (Å²) in [7, 11) is 0. The summed E-state index contributed by atoms with van der Waals surface area (Å²) in [5.41, 5.74) is 1.65. The van der Waals surface area contributed by atoms with Gasteiger partial charge in [-0.15, -0.1) is 11.3 Å². The first-order valence-electron chi connectivity index (χ1n) is 7.43. The summed E-state index contributed by atoms with van der Waals surface area (Å²) >= 11 is 7.61. The highest BCUT2D eigenvalue weighted by Gasteiger charge is 2.51. The number of aromatic nitrogens is 1. The minimum atomic E-state index is -0.377. The average Bonchev–Trinajstić information content (AvgIpc) is 3.20. The zero-order valence-corrected chi connectivity index (χ0v) is 14.5. The number of carbonyl (C=O) groups is 1. The second-order valence-corrected chi connectivity index (χ2v) is 7.80. The van der Waals surface area contributed by atoms with Crippen molar-refractivity contribution in [1.29, 1.82) is 0 Å². The first kappa shape index (κ1) is 15.5. The smallest absolute Gasteiger partial charge is 0.231 e. The van der Waals surface area contributed by atoms with E-state index in [2.05, 4.69) is 17.2 Å². The fourth-order valence-electron chi connectivity index (χ4n) is 2.89. The number of hydrogen-bond donors (Lipinski definition) is 1. The minimum absolute atomic E-state index is 0.0674. The number of hydrogen-bond acceptors (Lipinski definition) is 3. The highest BCUT2D eigenvalue weighted by atomic mass is 35.5. The van der Waals surface area contributed by atoms with Gasteiger partial charge in [-0.1, -0.05) is 23.7 Å². The molecule has 1 amide bonds. The Morgan fingerprint density at radius 1 is 1.32 bits per heavy atom. The lowest BCUT2D eigenvalue weighted by Crippen LogP contribution is -2.36. The van der Waals surface area contributed by atoms with Gasteiger partial charge < -0.3 is 5.32 Å². The van der Waals surface area contributed by atoms with Gasteiger partial charge in [-0.2, -0.15) is 0 Å². The van der Waals surface area contributed by atoms with E-state index < -0.39 is 0 Å². The fourth-order valence-corrected chi connectivity index (χ4v) is 3.93. The van der Waals surface area contributed by atoms with Gasteiger partial charge in [-0.3, -0.25) is 4.79 Å². The molecule has 0 bridgehead atoms. The normalized spacial score (nSPS) is 17.1. The van der Waals surface area contributed by atoms with E-state index in [-0.39, 0.29) is 17.4 Å². The van der Waals surface area contributed by atoms with Crippen LogP contribution in [0.25, 0.3) is 0 Å². The predicted molar refractivity (Wildman–Crippen MR) is 90.5 cm³/mol. The number of amides is 1. The summed E-state index contributed by atoms with van der Waals surface area (Å²) in [6.45, 7) is 6.04. The van der Waals surface area contributed by atoms with Crippen molar-refractivity contribution in [2.45, 2.75) is 45.1 Å². The van der Waals surface area contributed by atoms with Crippen molar-refractivity contribution in [2.75, 3.05) is 0 Å². The second-order valence-electron chi connectivity index (χ2n) is 5.96. The van der Waals surface area contributed by atoms with Crippen molar-refractivity contribution in [3.63, 3.8) is 0 Å².